The van der Waals surface area contributed by atoms with Gasteiger partial charge >= 0.3 is 0 Å². The maximum absolute atomic E-state index is 14.6. The molecule has 0 aliphatic heterocycles. The van der Waals surface area contributed by atoms with Gasteiger partial charge in [-0.1, -0.05) is 101 Å². The summed E-state index contributed by atoms with van der Waals surface area (Å²) in [6.45, 7) is 8.90. The van der Waals surface area contributed by atoms with Crippen molar-refractivity contribution in [2.75, 3.05) is 10.8 Å². The molecular formula is C36H39Cl2N3O4S. The van der Waals surface area contributed by atoms with E-state index in [1.807, 2.05) is 89.2 Å². The number of hydrogen-bond acceptors (Lipinski definition) is 4. The highest BCUT2D eigenvalue weighted by molar-refractivity contribution is 7.92. The van der Waals surface area contributed by atoms with E-state index in [1.165, 1.54) is 35.2 Å². The number of benzene rings is 4. The van der Waals surface area contributed by atoms with Crippen LogP contribution >= 0.6 is 23.2 Å². The Morgan fingerprint density at radius 1 is 0.783 bits per heavy atom. The predicted octanol–water partition coefficient (Wildman–Crippen LogP) is 7.36. The number of amides is 2. The number of nitrogens with zero attached hydrogens (tertiary/aromatic N) is 2. The van der Waals surface area contributed by atoms with Crippen LogP contribution in [0.3, 0.4) is 0 Å². The molecule has 0 aliphatic rings. The van der Waals surface area contributed by atoms with Gasteiger partial charge in [-0.15, -0.1) is 0 Å². The summed E-state index contributed by atoms with van der Waals surface area (Å²) < 4.78 is 29.4. The highest BCUT2D eigenvalue weighted by Gasteiger charge is 2.35. The number of nitrogens with one attached hydrogen (secondary N) is 1. The Labute approximate surface area is 282 Å². The van der Waals surface area contributed by atoms with Crippen molar-refractivity contribution in [3.05, 3.63) is 129 Å². The molecule has 4 rings (SSSR count). The van der Waals surface area contributed by atoms with E-state index < -0.39 is 34.1 Å². The molecular weight excluding hydrogens is 641 g/mol. The second-order valence-electron chi connectivity index (χ2n) is 12.4. The highest BCUT2D eigenvalue weighted by atomic mass is 35.5. The molecule has 4 aromatic carbocycles. The molecule has 0 unspecified atom stereocenters. The van der Waals surface area contributed by atoms with Crippen LogP contribution in [0, 0.1) is 13.8 Å². The fourth-order valence-corrected chi connectivity index (χ4v) is 6.86. The van der Waals surface area contributed by atoms with Gasteiger partial charge in [-0.2, -0.15) is 0 Å². The molecule has 0 spiro atoms. The first-order chi connectivity index (χ1) is 21.6. The first-order valence-electron chi connectivity index (χ1n) is 14.9. The number of hydrogen-bond donors (Lipinski definition) is 1. The smallest absolute Gasteiger partial charge is 0.264 e. The van der Waals surface area contributed by atoms with Crippen LogP contribution in [0.4, 0.5) is 5.69 Å². The fourth-order valence-electron chi connectivity index (χ4n) is 4.95. The van der Waals surface area contributed by atoms with Crippen molar-refractivity contribution in [1.82, 2.24) is 10.2 Å². The van der Waals surface area contributed by atoms with Crippen molar-refractivity contribution in [3.63, 3.8) is 0 Å². The molecule has 0 aromatic heterocycles. The summed E-state index contributed by atoms with van der Waals surface area (Å²) >= 11 is 12.6. The van der Waals surface area contributed by atoms with E-state index in [4.69, 9.17) is 23.2 Å². The van der Waals surface area contributed by atoms with Crippen molar-refractivity contribution < 1.29 is 18.0 Å². The summed E-state index contributed by atoms with van der Waals surface area (Å²) in [6.07, 6.45) is 0.216. The molecule has 46 heavy (non-hydrogen) atoms. The van der Waals surface area contributed by atoms with Gasteiger partial charge in [0.1, 0.15) is 12.6 Å². The van der Waals surface area contributed by atoms with Crippen LogP contribution in [-0.4, -0.2) is 43.3 Å². The third-order valence-corrected chi connectivity index (χ3v) is 9.49. The Bertz CT molecular complexity index is 1750. The van der Waals surface area contributed by atoms with Crippen LogP contribution in [0.25, 0.3) is 0 Å². The quantitative estimate of drug-likeness (QED) is 0.179. The summed E-state index contributed by atoms with van der Waals surface area (Å²) in [6, 6.07) is 26.9. The lowest BCUT2D eigenvalue weighted by molar-refractivity contribution is -0.140. The van der Waals surface area contributed by atoms with Gasteiger partial charge in [-0.25, -0.2) is 8.42 Å². The largest absolute Gasteiger partial charge is 0.350 e. The highest BCUT2D eigenvalue weighted by Crippen LogP contribution is 2.30. The standard InChI is InChI=1S/C36H39Cl2N3O4S/c1-25-11-15-28(16-12-25)23-40(33(35(43)39-36(3,4)5)19-27-9-7-6-8-10-27)34(42)24-41(31-21-29(37)20-30(38)22-31)46(44,45)32-17-13-26(2)14-18-32/h6-18,20-22,33H,19,23-24H2,1-5H3,(H,39,43)/t33-/m0/s1. The zero-order chi connectivity index (χ0) is 33.6. The summed E-state index contributed by atoms with van der Waals surface area (Å²) in [5, 5.41) is 3.45. The average molecular weight is 681 g/mol. The normalized spacial score (nSPS) is 12.3. The Hall–Kier alpha value is -3.85. The Morgan fingerprint density at radius 2 is 1.33 bits per heavy atom. The van der Waals surface area contributed by atoms with Crippen LogP contribution in [-0.2, 0) is 32.6 Å². The molecule has 7 nitrogen and oxygen atoms in total. The van der Waals surface area contributed by atoms with Crippen molar-refractivity contribution in [2.24, 2.45) is 0 Å². The third kappa shape index (κ3) is 9.34. The lowest BCUT2D eigenvalue weighted by Gasteiger charge is -2.35. The fraction of sp³-hybridized carbons (Fsp3) is 0.278. The van der Waals surface area contributed by atoms with E-state index in [0.717, 1.165) is 26.6 Å². The van der Waals surface area contributed by atoms with Crippen LogP contribution in [0.2, 0.25) is 10.0 Å². The molecule has 0 heterocycles. The first-order valence-corrected chi connectivity index (χ1v) is 17.1. The third-order valence-electron chi connectivity index (χ3n) is 7.27. The maximum atomic E-state index is 14.6. The van der Waals surface area contributed by atoms with Crippen molar-refractivity contribution in [3.8, 4) is 0 Å². The minimum absolute atomic E-state index is 0.00149. The monoisotopic (exact) mass is 679 g/mol. The molecule has 0 radical (unpaired) electrons. The van der Waals surface area contributed by atoms with E-state index in [2.05, 4.69) is 5.32 Å². The average Bonchev–Trinajstić information content (AvgIpc) is 2.97. The van der Waals surface area contributed by atoms with Gasteiger partial charge in [0.2, 0.25) is 11.8 Å². The summed E-state index contributed by atoms with van der Waals surface area (Å²) in [7, 11) is -4.28. The topological polar surface area (TPSA) is 86.8 Å². The molecule has 0 bridgehead atoms. The number of carbonyl (C=O) groups excluding carboxylic acids is 2. The number of anilines is 1. The van der Waals surface area contributed by atoms with Crippen LogP contribution in [0.15, 0.2) is 102 Å². The maximum Gasteiger partial charge on any atom is 0.264 e. The van der Waals surface area contributed by atoms with Crippen LogP contribution in [0.1, 0.15) is 43.0 Å². The lowest BCUT2D eigenvalue weighted by atomic mass is 10.0. The molecule has 2 amide bonds. The van der Waals surface area contributed by atoms with Gasteiger partial charge < -0.3 is 10.2 Å². The summed E-state index contributed by atoms with van der Waals surface area (Å²) in [5.41, 5.74) is 3.11. The molecule has 0 aliphatic carbocycles. The van der Waals surface area contributed by atoms with Crippen molar-refractivity contribution in [1.29, 1.82) is 0 Å². The number of rotatable bonds is 11. The first kappa shape index (κ1) is 35.0. The molecule has 242 valence electrons. The van der Waals surface area contributed by atoms with Gasteiger partial charge in [0.25, 0.3) is 10.0 Å². The van der Waals surface area contributed by atoms with Crippen LogP contribution < -0.4 is 9.62 Å². The van der Waals surface area contributed by atoms with Crippen molar-refractivity contribution >= 4 is 50.7 Å². The molecule has 0 saturated carbocycles. The van der Waals surface area contributed by atoms with Gasteiger partial charge in [0.05, 0.1) is 10.6 Å². The van der Waals surface area contributed by atoms with Gasteiger partial charge in [0.15, 0.2) is 0 Å². The van der Waals surface area contributed by atoms with E-state index >= 15 is 0 Å². The zero-order valence-corrected chi connectivity index (χ0v) is 29.0. The van der Waals surface area contributed by atoms with Crippen molar-refractivity contribution in [2.45, 2.75) is 64.1 Å². The molecule has 4 aromatic rings. The van der Waals surface area contributed by atoms with Gasteiger partial charge in [0, 0.05) is 28.5 Å². The zero-order valence-electron chi connectivity index (χ0n) is 26.6. The molecule has 1 atom stereocenters. The Morgan fingerprint density at radius 3 is 1.87 bits per heavy atom. The molecule has 0 saturated heterocycles. The van der Waals surface area contributed by atoms with E-state index in [-0.39, 0.29) is 39.5 Å². The number of sulfonamides is 1. The lowest BCUT2D eigenvalue weighted by Crippen LogP contribution is -2.56. The molecule has 0 fully saturated rings. The van der Waals surface area contributed by atoms with Gasteiger partial charge in [-0.05, 0) is 76.1 Å². The Balaban J connectivity index is 1.84. The minimum atomic E-state index is -4.28. The molecule has 10 heteroatoms. The minimum Gasteiger partial charge on any atom is -0.350 e. The number of halogens is 2. The summed E-state index contributed by atoms with van der Waals surface area (Å²) in [5.74, 6) is -0.923. The number of aryl methyl sites for hydroxylation is 2. The van der Waals surface area contributed by atoms with Gasteiger partial charge in [-0.3, -0.25) is 13.9 Å². The summed E-state index contributed by atoms with van der Waals surface area (Å²) in [4.78, 5) is 30.0. The van der Waals surface area contributed by atoms with E-state index in [1.54, 1.807) is 12.1 Å². The van der Waals surface area contributed by atoms with E-state index in [0.29, 0.717) is 0 Å². The second-order valence-corrected chi connectivity index (χ2v) is 15.1. The Kier molecular flexibility index (Phi) is 11.2. The second kappa shape index (κ2) is 14.7. The van der Waals surface area contributed by atoms with Crippen LogP contribution in [0.5, 0.6) is 0 Å². The SMILES string of the molecule is Cc1ccc(CN(C(=O)CN(c2cc(Cl)cc(Cl)c2)S(=O)(=O)c2ccc(C)cc2)[C@@H](Cc2ccccc2)C(=O)NC(C)(C)C)cc1. The molecule has 1 N–H and O–H groups in total. The predicted molar refractivity (Wildman–Crippen MR) is 186 cm³/mol. The van der Waals surface area contributed by atoms with E-state index in [9.17, 15) is 18.0 Å². The number of carbonyl (C=O) groups is 2.